The fourth-order valence-corrected chi connectivity index (χ4v) is 2.81. The molecule has 3 aromatic heterocycles. The molecule has 0 aliphatic rings. The summed E-state index contributed by atoms with van der Waals surface area (Å²) < 4.78 is 1.95. The Kier molecular flexibility index (Phi) is 4.70. The number of aromatic nitrogens is 4. The van der Waals surface area contributed by atoms with Gasteiger partial charge in [0.05, 0.1) is 11.4 Å². The lowest BCUT2D eigenvalue weighted by Gasteiger charge is -2.03. The Morgan fingerprint density at radius 3 is 3.00 bits per heavy atom. The predicted molar refractivity (Wildman–Crippen MR) is 83.9 cm³/mol. The molecule has 21 heavy (non-hydrogen) atoms. The monoisotopic (exact) mass is 299 g/mol. The van der Waals surface area contributed by atoms with Gasteiger partial charge < -0.3 is 5.32 Å². The van der Waals surface area contributed by atoms with Crippen molar-refractivity contribution in [3.63, 3.8) is 0 Å². The smallest absolute Gasteiger partial charge is 0.142 e. The minimum atomic E-state index is 0.794. The molecule has 0 aromatic carbocycles. The predicted octanol–water partition coefficient (Wildman–Crippen LogP) is 2.58. The molecule has 108 valence electrons. The van der Waals surface area contributed by atoms with Crippen LogP contribution < -0.4 is 5.32 Å². The first-order chi connectivity index (χ1) is 10.4. The minimum Gasteiger partial charge on any atom is -0.311 e. The highest BCUT2D eigenvalue weighted by Crippen LogP contribution is 2.21. The van der Waals surface area contributed by atoms with Crippen LogP contribution in [0.4, 0.5) is 0 Å². The van der Waals surface area contributed by atoms with E-state index in [1.54, 1.807) is 17.5 Å². The Morgan fingerprint density at radius 1 is 1.19 bits per heavy atom. The van der Waals surface area contributed by atoms with Crippen LogP contribution in [0.2, 0.25) is 0 Å². The van der Waals surface area contributed by atoms with E-state index in [1.165, 1.54) is 0 Å². The van der Waals surface area contributed by atoms with Crippen LogP contribution in [0, 0.1) is 0 Å². The Hall–Kier alpha value is -2.05. The molecule has 0 saturated heterocycles. The van der Waals surface area contributed by atoms with E-state index in [0.29, 0.717) is 0 Å². The Balaban J connectivity index is 1.43. The molecular weight excluding hydrogens is 282 g/mol. The average molecular weight is 299 g/mol. The molecule has 0 aliphatic heterocycles. The van der Waals surface area contributed by atoms with Gasteiger partial charge in [0, 0.05) is 37.1 Å². The molecule has 0 aliphatic carbocycles. The van der Waals surface area contributed by atoms with Gasteiger partial charge in [0.25, 0.3) is 0 Å². The Bertz CT molecular complexity index is 648. The maximum Gasteiger partial charge on any atom is 0.142 e. The van der Waals surface area contributed by atoms with E-state index >= 15 is 0 Å². The summed E-state index contributed by atoms with van der Waals surface area (Å²) in [6.07, 6.45) is 6.64. The van der Waals surface area contributed by atoms with Gasteiger partial charge in [-0.1, -0.05) is 6.07 Å². The second-order valence-electron chi connectivity index (χ2n) is 4.66. The first kappa shape index (κ1) is 13.9. The lowest BCUT2D eigenvalue weighted by molar-refractivity contribution is 0.541. The van der Waals surface area contributed by atoms with Crippen molar-refractivity contribution in [1.82, 2.24) is 25.1 Å². The van der Waals surface area contributed by atoms with Crippen molar-refractivity contribution in [2.45, 2.75) is 19.5 Å². The van der Waals surface area contributed by atoms with Gasteiger partial charge in [-0.3, -0.25) is 9.67 Å². The van der Waals surface area contributed by atoms with Gasteiger partial charge in [-0.2, -0.15) is 5.10 Å². The highest BCUT2D eigenvalue weighted by Gasteiger charge is 2.04. The quantitative estimate of drug-likeness (QED) is 0.681. The lowest BCUT2D eigenvalue weighted by Crippen LogP contribution is -2.16. The first-order valence-corrected chi connectivity index (χ1v) is 7.84. The molecule has 0 spiro atoms. The zero-order chi connectivity index (χ0) is 14.3. The summed E-state index contributed by atoms with van der Waals surface area (Å²) >= 11 is 1.64. The Morgan fingerprint density at radius 2 is 2.19 bits per heavy atom. The number of aryl methyl sites for hydroxylation is 1. The van der Waals surface area contributed by atoms with E-state index in [2.05, 4.69) is 25.8 Å². The van der Waals surface area contributed by atoms with E-state index in [9.17, 15) is 0 Å². The molecule has 3 rings (SSSR count). The van der Waals surface area contributed by atoms with Crippen molar-refractivity contribution in [3.8, 4) is 10.7 Å². The topological polar surface area (TPSA) is 55.6 Å². The van der Waals surface area contributed by atoms with Gasteiger partial charge >= 0.3 is 0 Å². The summed E-state index contributed by atoms with van der Waals surface area (Å²) in [6, 6.07) is 7.83. The van der Waals surface area contributed by atoms with Crippen molar-refractivity contribution < 1.29 is 0 Å². The van der Waals surface area contributed by atoms with E-state index in [1.807, 2.05) is 41.3 Å². The molecular formula is C15H17N5S. The molecule has 0 bridgehead atoms. The molecule has 0 unspecified atom stereocenters. The van der Waals surface area contributed by atoms with Crippen LogP contribution in [0.15, 0.2) is 48.2 Å². The number of pyridine rings is 1. The van der Waals surface area contributed by atoms with Gasteiger partial charge in [-0.05, 0) is 31.2 Å². The summed E-state index contributed by atoms with van der Waals surface area (Å²) in [6.45, 7) is 2.69. The molecule has 0 radical (unpaired) electrons. The maximum absolute atomic E-state index is 4.60. The fraction of sp³-hybridized carbons (Fsp3) is 0.267. The first-order valence-electron chi connectivity index (χ1n) is 6.96. The van der Waals surface area contributed by atoms with Gasteiger partial charge in [0.1, 0.15) is 5.01 Å². The normalized spacial score (nSPS) is 10.9. The molecule has 0 saturated carbocycles. The molecule has 6 heteroatoms. The van der Waals surface area contributed by atoms with Crippen LogP contribution in [0.1, 0.15) is 12.1 Å². The van der Waals surface area contributed by atoms with Gasteiger partial charge in [-0.25, -0.2) is 4.98 Å². The zero-order valence-corrected chi connectivity index (χ0v) is 12.5. The zero-order valence-electron chi connectivity index (χ0n) is 11.6. The molecule has 0 amide bonds. The van der Waals surface area contributed by atoms with Crippen molar-refractivity contribution in [1.29, 1.82) is 0 Å². The third kappa shape index (κ3) is 3.96. The molecule has 1 N–H and O–H groups in total. The number of thiazole rings is 1. The summed E-state index contributed by atoms with van der Waals surface area (Å²) in [7, 11) is 0. The minimum absolute atomic E-state index is 0.794. The highest BCUT2D eigenvalue weighted by molar-refractivity contribution is 7.13. The third-order valence-electron chi connectivity index (χ3n) is 3.04. The fourth-order valence-electron chi connectivity index (χ4n) is 2.01. The molecule has 5 nitrogen and oxygen atoms in total. The molecule has 3 aromatic rings. The largest absolute Gasteiger partial charge is 0.311 e. The summed E-state index contributed by atoms with van der Waals surface area (Å²) in [4.78, 5) is 8.92. The standard InChI is InChI=1S/C15H17N5S/c1-2-7-17-14(5-1)15-19-13(12-21-15)11-16-6-3-9-20-10-4-8-18-20/h1-2,4-5,7-8,10,12,16H,3,6,9,11H2. The molecule has 3 heterocycles. The van der Waals surface area contributed by atoms with Crippen molar-refractivity contribution in [2.24, 2.45) is 0 Å². The van der Waals surface area contributed by atoms with Crippen LogP contribution >= 0.6 is 11.3 Å². The maximum atomic E-state index is 4.60. The van der Waals surface area contributed by atoms with Gasteiger partial charge in [0.2, 0.25) is 0 Å². The number of hydrogen-bond acceptors (Lipinski definition) is 5. The van der Waals surface area contributed by atoms with Gasteiger partial charge in [0.15, 0.2) is 0 Å². The Labute approximate surface area is 127 Å². The number of rotatable bonds is 7. The summed E-state index contributed by atoms with van der Waals surface area (Å²) in [5, 5.41) is 10.7. The van der Waals surface area contributed by atoms with Crippen LogP contribution in [-0.4, -0.2) is 26.3 Å². The summed E-state index contributed by atoms with van der Waals surface area (Å²) in [5.41, 5.74) is 2.01. The van der Waals surface area contributed by atoms with Crippen molar-refractivity contribution in [3.05, 3.63) is 53.9 Å². The number of hydrogen-bond donors (Lipinski definition) is 1. The third-order valence-corrected chi connectivity index (χ3v) is 3.96. The second-order valence-corrected chi connectivity index (χ2v) is 5.52. The van der Waals surface area contributed by atoms with E-state index in [4.69, 9.17) is 0 Å². The highest BCUT2D eigenvalue weighted by atomic mass is 32.1. The van der Waals surface area contributed by atoms with Crippen LogP contribution in [0.5, 0.6) is 0 Å². The van der Waals surface area contributed by atoms with Gasteiger partial charge in [-0.15, -0.1) is 11.3 Å². The van der Waals surface area contributed by atoms with E-state index in [0.717, 1.165) is 42.5 Å². The number of nitrogens with zero attached hydrogens (tertiary/aromatic N) is 4. The summed E-state index contributed by atoms with van der Waals surface area (Å²) in [5.74, 6) is 0. The second kappa shape index (κ2) is 7.10. The lowest BCUT2D eigenvalue weighted by atomic mass is 10.3. The van der Waals surface area contributed by atoms with Crippen molar-refractivity contribution in [2.75, 3.05) is 6.54 Å². The SMILES string of the molecule is c1ccc(-c2nc(CNCCCn3cccn3)cs2)nc1. The molecule has 0 fully saturated rings. The van der Waals surface area contributed by atoms with Crippen LogP contribution in [0.3, 0.4) is 0 Å². The molecule has 0 atom stereocenters. The van der Waals surface area contributed by atoms with E-state index < -0.39 is 0 Å². The van der Waals surface area contributed by atoms with Crippen molar-refractivity contribution >= 4 is 11.3 Å². The average Bonchev–Trinajstić information content (AvgIpc) is 3.19. The van der Waals surface area contributed by atoms with Crippen LogP contribution in [0.25, 0.3) is 10.7 Å². The van der Waals surface area contributed by atoms with Crippen LogP contribution in [-0.2, 0) is 13.1 Å². The number of nitrogens with one attached hydrogen (secondary N) is 1. The van der Waals surface area contributed by atoms with E-state index in [-0.39, 0.29) is 0 Å².